The Kier molecular flexibility index (Phi) is 3.71. The maximum atomic E-state index is 10.6. The van der Waals surface area contributed by atoms with Crippen LogP contribution in [0, 0.1) is 0 Å². The third kappa shape index (κ3) is 3.01. The molecular formula is C12H11NO2S2. The number of carbonyl (C=O) groups excluding carboxylic acids is 1. The molecule has 0 aliphatic rings. The third-order valence-electron chi connectivity index (χ3n) is 2.04. The summed E-state index contributed by atoms with van der Waals surface area (Å²) in [5, 5.41) is 5.82. The van der Waals surface area contributed by atoms with Crippen molar-refractivity contribution in [3.05, 3.63) is 34.5 Å². The molecule has 0 spiro atoms. The molecule has 0 saturated carbocycles. The number of carbonyl (C=O) groups is 1. The number of hydrogen-bond donors (Lipinski definition) is 0. The monoisotopic (exact) mass is 265 g/mol. The van der Waals surface area contributed by atoms with Crippen LogP contribution in [-0.2, 0) is 9.63 Å². The lowest BCUT2D eigenvalue weighted by Crippen LogP contribution is -1.96. The molecule has 0 N–H and O–H groups in total. The summed E-state index contributed by atoms with van der Waals surface area (Å²) < 4.78 is 0. The summed E-state index contributed by atoms with van der Waals surface area (Å²) in [6.07, 6.45) is 0. The van der Waals surface area contributed by atoms with Crippen LogP contribution >= 0.6 is 22.7 Å². The van der Waals surface area contributed by atoms with E-state index in [9.17, 15) is 4.79 Å². The molecule has 0 amide bonds. The van der Waals surface area contributed by atoms with Crippen LogP contribution in [0.1, 0.15) is 18.7 Å². The Bertz CT molecular complexity index is 541. The lowest BCUT2D eigenvalue weighted by Gasteiger charge is -1.94. The van der Waals surface area contributed by atoms with Gasteiger partial charge in [0, 0.05) is 16.7 Å². The molecule has 0 atom stereocenters. The maximum Gasteiger partial charge on any atom is 0.331 e. The molecule has 3 nitrogen and oxygen atoms in total. The van der Waals surface area contributed by atoms with Gasteiger partial charge in [0.1, 0.15) is 0 Å². The van der Waals surface area contributed by atoms with Crippen molar-refractivity contribution in [3.63, 3.8) is 0 Å². The number of rotatable bonds is 3. The lowest BCUT2D eigenvalue weighted by molar-refractivity contribution is -0.140. The predicted octanol–water partition coefficient (Wildman–Crippen LogP) is 3.76. The molecule has 2 aromatic heterocycles. The predicted molar refractivity (Wildman–Crippen MR) is 71.6 cm³/mol. The molecule has 0 saturated heterocycles. The molecule has 0 unspecified atom stereocenters. The summed E-state index contributed by atoms with van der Waals surface area (Å²) in [4.78, 5) is 18.7. The molecule has 2 heterocycles. The van der Waals surface area contributed by atoms with E-state index in [0.717, 1.165) is 4.88 Å². The van der Waals surface area contributed by atoms with Crippen LogP contribution in [0.4, 0.5) is 0 Å². The van der Waals surface area contributed by atoms with Gasteiger partial charge in [0.2, 0.25) is 0 Å². The fourth-order valence-corrected chi connectivity index (χ4v) is 3.04. The van der Waals surface area contributed by atoms with Crippen LogP contribution in [-0.4, -0.2) is 11.7 Å². The van der Waals surface area contributed by atoms with Gasteiger partial charge in [-0.1, -0.05) is 11.2 Å². The average molecular weight is 265 g/mol. The zero-order chi connectivity index (χ0) is 12.3. The van der Waals surface area contributed by atoms with Crippen molar-refractivity contribution in [2.24, 2.45) is 5.16 Å². The van der Waals surface area contributed by atoms with Gasteiger partial charge in [-0.3, -0.25) is 0 Å². The number of hydrogen-bond acceptors (Lipinski definition) is 5. The number of nitrogens with zero attached hydrogens (tertiary/aromatic N) is 1. The topological polar surface area (TPSA) is 38.7 Å². The fourth-order valence-electron chi connectivity index (χ4n) is 1.26. The van der Waals surface area contributed by atoms with E-state index in [-0.39, 0.29) is 0 Å². The van der Waals surface area contributed by atoms with Gasteiger partial charge < -0.3 is 4.84 Å². The molecular weight excluding hydrogens is 254 g/mol. The second-order valence-corrected chi connectivity index (χ2v) is 5.43. The normalized spacial score (nSPS) is 11.5. The molecule has 5 heteroatoms. The van der Waals surface area contributed by atoms with Crippen molar-refractivity contribution < 1.29 is 9.63 Å². The molecule has 0 fully saturated rings. The fraction of sp³-hybridized carbons (Fsp3) is 0.167. The van der Waals surface area contributed by atoms with E-state index in [4.69, 9.17) is 0 Å². The highest BCUT2D eigenvalue weighted by molar-refractivity contribution is 7.22. The van der Waals surface area contributed by atoms with Gasteiger partial charge in [-0.15, -0.1) is 22.7 Å². The van der Waals surface area contributed by atoms with E-state index >= 15 is 0 Å². The third-order valence-corrected chi connectivity index (χ3v) is 4.30. The molecule has 2 aromatic rings. The summed E-state index contributed by atoms with van der Waals surface area (Å²) in [6.45, 7) is 3.16. The number of oxime groups is 1. The van der Waals surface area contributed by atoms with E-state index in [0.29, 0.717) is 5.71 Å². The first kappa shape index (κ1) is 12.0. The van der Waals surface area contributed by atoms with Crippen LogP contribution in [0.5, 0.6) is 0 Å². The second kappa shape index (κ2) is 5.25. The Hall–Kier alpha value is -1.46. The molecule has 0 aliphatic heterocycles. The average Bonchev–Trinajstić information content (AvgIpc) is 2.94. The van der Waals surface area contributed by atoms with Crippen molar-refractivity contribution in [2.75, 3.05) is 0 Å². The summed E-state index contributed by atoms with van der Waals surface area (Å²) in [6, 6.07) is 8.15. The van der Waals surface area contributed by atoms with Gasteiger partial charge in [-0.05, 0) is 30.5 Å². The van der Waals surface area contributed by atoms with E-state index in [1.54, 1.807) is 22.7 Å². The zero-order valence-corrected chi connectivity index (χ0v) is 11.1. The lowest BCUT2D eigenvalue weighted by atomic mass is 10.3. The minimum Gasteiger partial charge on any atom is -0.318 e. The van der Waals surface area contributed by atoms with Crippen molar-refractivity contribution in [1.82, 2.24) is 0 Å². The Balaban J connectivity index is 2.18. The highest BCUT2D eigenvalue weighted by Crippen LogP contribution is 2.31. The summed E-state index contributed by atoms with van der Waals surface area (Å²) in [5.41, 5.74) is 0.716. The summed E-state index contributed by atoms with van der Waals surface area (Å²) >= 11 is 3.34. The molecule has 17 heavy (non-hydrogen) atoms. The zero-order valence-electron chi connectivity index (χ0n) is 9.47. The minimum atomic E-state index is -0.403. The largest absolute Gasteiger partial charge is 0.331 e. The molecule has 88 valence electrons. The van der Waals surface area contributed by atoms with Gasteiger partial charge in [-0.2, -0.15) is 0 Å². The summed E-state index contributed by atoms with van der Waals surface area (Å²) in [5.74, 6) is -0.403. The highest BCUT2D eigenvalue weighted by atomic mass is 32.1. The van der Waals surface area contributed by atoms with E-state index in [2.05, 4.69) is 27.5 Å². The van der Waals surface area contributed by atoms with Gasteiger partial charge in [0.15, 0.2) is 0 Å². The van der Waals surface area contributed by atoms with E-state index in [1.807, 2.05) is 19.1 Å². The van der Waals surface area contributed by atoms with E-state index in [1.165, 1.54) is 16.7 Å². The molecule has 0 radical (unpaired) electrons. The maximum absolute atomic E-state index is 10.6. The quantitative estimate of drug-likeness (QED) is 0.481. The Morgan fingerprint density at radius 3 is 2.71 bits per heavy atom. The molecule has 0 aliphatic carbocycles. The van der Waals surface area contributed by atoms with Gasteiger partial charge in [0.25, 0.3) is 0 Å². The molecule has 0 aromatic carbocycles. The molecule has 2 rings (SSSR count). The Labute approximate surface area is 107 Å². The SMILES string of the molecule is CC(=O)O/N=C(\C)c1ccc(-c2cccs2)s1. The van der Waals surface area contributed by atoms with Crippen LogP contribution in [0.2, 0.25) is 0 Å². The van der Waals surface area contributed by atoms with Crippen molar-refractivity contribution >= 4 is 34.4 Å². The second-order valence-electron chi connectivity index (χ2n) is 3.40. The van der Waals surface area contributed by atoms with Crippen LogP contribution < -0.4 is 0 Å². The molecule has 0 bridgehead atoms. The standard InChI is InChI=1S/C12H11NO2S2/c1-8(13-15-9(2)14)10-5-6-12(17-10)11-4-3-7-16-11/h3-7H,1-2H3/b13-8+. The Morgan fingerprint density at radius 2 is 2.06 bits per heavy atom. The van der Waals surface area contributed by atoms with Gasteiger partial charge >= 0.3 is 5.97 Å². The first-order valence-corrected chi connectivity index (χ1v) is 6.72. The highest BCUT2D eigenvalue weighted by Gasteiger charge is 2.06. The van der Waals surface area contributed by atoms with Crippen LogP contribution in [0.15, 0.2) is 34.8 Å². The summed E-state index contributed by atoms with van der Waals surface area (Å²) in [7, 11) is 0. The number of thiophene rings is 2. The van der Waals surface area contributed by atoms with E-state index < -0.39 is 5.97 Å². The van der Waals surface area contributed by atoms with Gasteiger partial charge in [0.05, 0.1) is 10.6 Å². The van der Waals surface area contributed by atoms with Crippen LogP contribution in [0.3, 0.4) is 0 Å². The van der Waals surface area contributed by atoms with Crippen molar-refractivity contribution in [1.29, 1.82) is 0 Å². The smallest absolute Gasteiger partial charge is 0.318 e. The van der Waals surface area contributed by atoms with Crippen molar-refractivity contribution in [2.45, 2.75) is 13.8 Å². The Morgan fingerprint density at radius 1 is 1.24 bits per heavy atom. The van der Waals surface area contributed by atoms with Gasteiger partial charge in [-0.25, -0.2) is 4.79 Å². The first-order chi connectivity index (χ1) is 8.16. The van der Waals surface area contributed by atoms with Crippen molar-refractivity contribution in [3.8, 4) is 9.75 Å². The first-order valence-electron chi connectivity index (χ1n) is 5.03. The minimum absolute atomic E-state index is 0.403. The van der Waals surface area contributed by atoms with Crippen LogP contribution in [0.25, 0.3) is 9.75 Å².